The number of ether oxygens (including phenoxy) is 1. The van der Waals surface area contributed by atoms with E-state index in [4.69, 9.17) is 20.8 Å². The minimum absolute atomic E-state index is 0.127. The van der Waals surface area contributed by atoms with Crippen molar-refractivity contribution < 1.29 is 13.9 Å². The van der Waals surface area contributed by atoms with E-state index in [1.54, 1.807) is 18.2 Å². The Kier molecular flexibility index (Phi) is 6.95. The fourth-order valence-electron chi connectivity index (χ4n) is 2.53. The topological polar surface area (TPSA) is 77.2 Å². The van der Waals surface area contributed by atoms with Crippen LogP contribution in [0.4, 0.5) is 5.69 Å². The Bertz CT molecular complexity index is 944. The van der Waals surface area contributed by atoms with Crippen LogP contribution in [-0.4, -0.2) is 29.0 Å². The monoisotopic (exact) mass is 417 g/mol. The fraction of sp³-hybridized carbons (Fsp3) is 0.250. The first-order valence-corrected chi connectivity index (χ1v) is 10.1. The summed E-state index contributed by atoms with van der Waals surface area (Å²) < 4.78 is 10.8. The molecule has 1 heterocycles. The van der Waals surface area contributed by atoms with Gasteiger partial charge in [-0.05, 0) is 35.7 Å². The average Bonchev–Trinajstić information content (AvgIpc) is 3.14. The molecule has 6 nitrogen and oxygen atoms in total. The van der Waals surface area contributed by atoms with Crippen LogP contribution in [0.5, 0.6) is 5.75 Å². The zero-order chi connectivity index (χ0) is 19.9. The second-order valence-electron chi connectivity index (χ2n) is 5.99. The number of rotatable bonds is 8. The maximum atomic E-state index is 12.2. The Morgan fingerprint density at radius 1 is 1.18 bits per heavy atom. The van der Waals surface area contributed by atoms with Gasteiger partial charge in [-0.1, -0.05) is 54.6 Å². The van der Waals surface area contributed by atoms with Gasteiger partial charge >= 0.3 is 0 Å². The lowest BCUT2D eigenvalue weighted by molar-refractivity contribution is -0.113. The largest absolute Gasteiger partial charge is 0.495 e. The number of benzene rings is 2. The number of halogens is 1. The molecule has 0 fully saturated rings. The molecule has 0 saturated heterocycles. The number of thioether (sulfide) groups is 1. The molecule has 0 spiro atoms. The van der Waals surface area contributed by atoms with Crippen molar-refractivity contribution in [1.82, 2.24) is 10.2 Å². The molecule has 1 amide bonds. The molecule has 1 aromatic heterocycles. The number of carbonyl (C=O) groups excluding carboxylic acids is 1. The van der Waals surface area contributed by atoms with Crippen molar-refractivity contribution in [2.45, 2.75) is 25.0 Å². The first kappa shape index (κ1) is 20.2. The van der Waals surface area contributed by atoms with Crippen LogP contribution >= 0.6 is 23.4 Å². The number of anilines is 1. The van der Waals surface area contributed by atoms with Crippen molar-refractivity contribution in [3.05, 3.63) is 64.5 Å². The number of hydrogen-bond acceptors (Lipinski definition) is 6. The molecule has 28 heavy (non-hydrogen) atoms. The molecular formula is C20H20ClN3O3S. The molecule has 0 aliphatic rings. The molecule has 2 aromatic carbocycles. The second kappa shape index (κ2) is 9.61. The fourth-order valence-corrected chi connectivity index (χ4v) is 3.28. The highest BCUT2D eigenvalue weighted by Crippen LogP contribution is 2.28. The van der Waals surface area contributed by atoms with Crippen molar-refractivity contribution in [2.24, 2.45) is 0 Å². The third-order valence-electron chi connectivity index (χ3n) is 4.00. The van der Waals surface area contributed by atoms with Gasteiger partial charge in [0.25, 0.3) is 5.22 Å². The Morgan fingerprint density at radius 3 is 2.64 bits per heavy atom. The summed E-state index contributed by atoms with van der Waals surface area (Å²) in [4.78, 5) is 12.2. The van der Waals surface area contributed by atoms with Gasteiger partial charge in [-0.15, -0.1) is 10.2 Å². The first-order chi connectivity index (χ1) is 13.6. The molecule has 0 saturated carbocycles. The second-order valence-corrected chi connectivity index (χ2v) is 7.35. The molecule has 1 N–H and O–H groups in total. The summed E-state index contributed by atoms with van der Waals surface area (Å²) in [7, 11) is 1.53. The Hall–Kier alpha value is -2.51. The van der Waals surface area contributed by atoms with Crippen LogP contribution in [0, 0.1) is 0 Å². The standard InChI is InChI=1S/C20H20ClN3O3S/c1-3-13-4-6-14(7-5-13)10-19-23-24-20(27-19)28-12-18(25)22-16-11-15(21)8-9-17(16)26-2/h4-9,11H,3,10,12H2,1-2H3,(H,22,25). The zero-order valence-corrected chi connectivity index (χ0v) is 17.1. The summed E-state index contributed by atoms with van der Waals surface area (Å²) >= 11 is 7.15. The highest BCUT2D eigenvalue weighted by molar-refractivity contribution is 7.99. The first-order valence-electron chi connectivity index (χ1n) is 8.73. The van der Waals surface area contributed by atoms with Gasteiger partial charge in [-0.3, -0.25) is 4.79 Å². The lowest BCUT2D eigenvalue weighted by Crippen LogP contribution is -2.14. The van der Waals surface area contributed by atoms with E-state index in [0.29, 0.717) is 34.0 Å². The van der Waals surface area contributed by atoms with Crippen LogP contribution in [0.25, 0.3) is 0 Å². The van der Waals surface area contributed by atoms with Crippen LogP contribution in [-0.2, 0) is 17.6 Å². The maximum absolute atomic E-state index is 12.2. The molecule has 0 unspecified atom stereocenters. The number of nitrogens with zero attached hydrogens (tertiary/aromatic N) is 2. The molecular weight excluding hydrogens is 398 g/mol. The summed E-state index contributed by atoms with van der Waals surface area (Å²) in [6, 6.07) is 13.3. The Morgan fingerprint density at radius 2 is 1.93 bits per heavy atom. The van der Waals surface area contributed by atoms with Gasteiger partial charge in [0.1, 0.15) is 5.75 Å². The minimum Gasteiger partial charge on any atom is -0.495 e. The number of aromatic nitrogens is 2. The van der Waals surface area contributed by atoms with Crippen LogP contribution < -0.4 is 10.1 Å². The van der Waals surface area contributed by atoms with Gasteiger partial charge < -0.3 is 14.5 Å². The van der Waals surface area contributed by atoms with Gasteiger partial charge in [0.15, 0.2) is 0 Å². The van der Waals surface area contributed by atoms with Gasteiger partial charge in [0.05, 0.1) is 25.0 Å². The highest BCUT2D eigenvalue weighted by atomic mass is 35.5. The molecule has 0 radical (unpaired) electrons. The number of aryl methyl sites for hydroxylation is 1. The van der Waals surface area contributed by atoms with Gasteiger partial charge in [0.2, 0.25) is 11.8 Å². The minimum atomic E-state index is -0.222. The lowest BCUT2D eigenvalue weighted by Gasteiger charge is -2.09. The molecule has 0 aliphatic heterocycles. The maximum Gasteiger partial charge on any atom is 0.277 e. The average molecular weight is 418 g/mol. The van der Waals surface area contributed by atoms with Crippen molar-refractivity contribution >= 4 is 35.0 Å². The summed E-state index contributed by atoms with van der Waals surface area (Å²) in [5.74, 6) is 0.962. The smallest absolute Gasteiger partial charge is 0.277 e. The summed E-state index contributed by atoms with van der Waals surface area (Å²) in [5, 5.41) is 11.7. The van der Waals surface area contributed by atoms with Crippen molar-refractivity contribution in [2.75, 3.05) is 18.2 Å². The van der Waals surface area contributed by atoms with E-state index < -0.39 is 0 Å². The van der Waals surface area contributed by atoms with E-state index in [9.17, 15) is 4.79 Å². The predicted molar refractivity (Wildman–Crippen MR) is 110 cm³/mol. The van der Waals surface area contributed by atoms with E-state index in [0.717, 1.165) is 12.0 Å². The van der Waals surface area contributed by atoms with E-state index in [1.807, 2.05) is 0 Å². The SMILES string of the molecule is CCc1ccc(Cc2nnc(SCC(=O)Nc3cc(Cl)ccc3OC)o2)cc1. The summed E-state index contributed by atoms with van der Waals surface area (Å²) in [5.41, 5.74) is 2.90. The summed E-state index contributed by atoms with van der Waals surface area (Å²) in [6.45, 7) is 2.12. The molecule has 3 aromatic rings. The Balaban J connectivity index is 1.53. The zero-order valence-electron chi connectivity index (χ0n) is 15.6. The number of amides is 1. The molecule has 8 heteroatoms. The quantitative estimate of drug-likeness (QED) is 0.539. The van der Waals surface area contributed by atoms with Crippen molar-refractivity contribution in [3.8, 4) is 5.75 Å². The Labute approximate surface area is 172 Å². The van der Waals surface area contributed by atoms with Gasteiger partial charge in [-0.25, -0.2) is 0 Å². The molecule has 3 rings (SSSR count). The number of methoxy groups -OCH3 is 1. The third kappa shape index (κ3) is 5.50. The molecule has 0 bridgehead atoms. The highest BCUT2D eigenvalue weighted by Gasteiger charge is 2.12. The molecule has 0 atom stereocenters. The summed E-state index contributed by atoms with van der Waals surface area (Å²) in [6.07, 6.45) is 1.56. The van der Waals surface area contributed by atoms with Crippen LogP contribution in [0.1, 0.15) is 23.9 Å². The van der Waals surface area contributed by atoms with E-state index in [-0.39, 0.29) is 11.7 Å². The van der Waals surface area contributed by atoms with Crippen LogP contribution in [0.2, 0.25) is 5.02 Å². The van der Waals surface area contributed by atoms with E-state index in [1.165, 1.54) is 24.4 Å². The van der Waals surface area contributed by atoms with E-state index >= 15 is 0 Å². The lowest BCUT2D eigenvalue weighted by atomic mass is 10.1. The van der Waals surface area contributed by atoms with Crippen molar-refractivity contribution in [3.63, 3.8) is 0 Å². The van der Waals surface area contributed by atoms with Gasteiger partial charge in [0, 0.05) is 5.02 Å². The number of nitrogens with one attached hydrogen (secondary N) is 1. The third-order valence-corrected chi connectivity index (χ3v) is 5.05. The number of carbonyl (C=O) groups is 1. The van der Waals surface area contributed by atoms with Crippen molar-refractivity contribution in [1.29, 1.82) is 0 Å². The normalized spacial score (nSPS) is 10.7. The molecule has 0 aliphatic carbocycles. The molecule has 146 valence electrons. The van der Waals surface area contributed by atoms with Crippen LogP contribution in [0.15, 0.2) is 52.1 Å². The van der Waals surface area contributed by atoms with Gasteiger partial charge in [-0.2, -0.15) is 0 Å². The number of hydrogen-bond donors (Lipinski definition) is 1. The van der Waals surface area contributed by atoms with Crippen LogP contribution in [0.3, 0.4) is 0 Å². The predicted octanol–water partition coefficient (Wildman–Crippen LogP) is 4.62. The van der Waals surface area contributed by atoms with E-state index in [2.05, 4.69) is 46.7 Å².